The van der Waals surface area contributed by atoms with Crippen molar-refractivity contribution in [1.29, 1.82) is 0 Å². The van der Waals surface area contributed by atoms with Crippen LogP contribution in [0.25, 0.3) is 17.0 Å². The summed E-state index contributed by atoms with van der Waals surface area (Å²) in [5, 5.41) is 10.3. The maximum absolute atomic E-state index is 12.9. The van der Waals surface area contributed by atoms with Gasteiger partial charge in [0.25, 0.3) is 11.1 Å². The molecule has 5 aromatic rings. The van der Waals surface area contributed by atoms with Crippen LogP contribution in [0.5, 0.6) is 0 Å². The van der Waals surface area contributed by atoms with E-state index < -0.39 is 11.2 Å². The van der Waals surface area contributed by atoms with E-state index in [-0.39, 0.29) is 53.4 Å². The van der Waals surface area contributed by atoms with E-state index >= 15 is 0 Å². The number of rotatable bonds is 8. The molecule has 3 aliphatic heterocycles. The summed E-state index contributed by atoms with van der Waals surface area (Å²) < 4.78 is 11.6. The molecule has 2 amide bonds. The number of nitrogens with one attached hydrogen (secondary N) is 3. The van der Waals surface area contributed by atoms with E-state index in [0.29, 0.717) is 24.2 Å². The fourth-order valence-corrected chi connectivity index (χ4v) is 10.6. The van der Waals surface area contributed by atoms with E-state index in [9.17, 15) is 19.2 Å². The molecule has 0 radical (unpaired) electrons. The number of aliphatic imine (C=N–C) groups is 1. The van der Waals surface area contributed by atoms with E-state index in [4.69, 9.17) is 14.6 Å². The van der Waals surface area contributed by atoms with Crippen LogP contribution in [0.15, 0.2) is 124 Å². The lowest BCUT2D eigenvalue weighted by atomic mass is 9.80. The molecule has 0 bridgehead atoms. The topological polar surface area (TPSA) is 195 Å². The molecule has 2 saturated heterocycles. The van der Waals surface area contributed by atoms with Gasteiger partial charge in [0.2, 0.25) is 0 Å². The zero-order valence-electron chi connectivity index (χ0n) is 39.5. The van der Waals surface area contributed by atoms with Crippen molar-refractivity contribution in [3.05, 3.63) is 158 Å². The third-order valence-electron chi connectivity index (χ3n) is 13.7. The number of amides is 2. The lowest BCUT2D eigenvalue weighted by Gasteiger charge is -2.38. The summed E-state index contributed by atoms with van der Waals surface area (Å²) in [7, 11) is 1.00. The van der Waals surface area contributed by atoms with Crippen LogP contribution in [0.4, 0.5) is 9.59 Å². The monoisotopic (exact) mass is 922 g/mol. The van der Waals surface area contributed by atoms with Crippen LogP contribution in [-0.4, -0.2) is 96.3 Å². The van der Waals surface area contributed by atoms with Crippen molar-refractivity contribution in [3.63, 3.8) is 0 Å². The summed E-state index contributed by atoms with van der Waals surface area (Å²) >= 11 is 0. The van der Waals surface area contributed by atoms with Gasteiger partial charge < -0.3 is 29.9 Å². The second kappa shape index (κ2) is 20.6. The molecular weight excluding hydrogens is 861 g/mol. The minimum Gasteiger partial charge on any atom is -0.441 e. The van der Waals surface area contributed by atoms with Crippen LogP contribution in [0, 0.1) is 0 Å². The summed E-state index contributed by atoms with van der Waals surface area (Å²) in [4.78, 5) is 73.8. The Hall–Kier alpha value is -6.87. The van der Waals surface area contributed by atoms with Gasteiger partial charge in [0.05, 0.1) is 12.1 Å². The maximum atomic E-state index is 12.9. The second-order valence-corrected chi connectivity index (χ2v) is 18.9. The van der Waals surface area contributed by atoms with Crippen molar-refractivity contribution < 1.29 is 24.2 Å². The molecule has 3 fully saturated rings. The first kappa shape index (κ1) is 47.6. The van der Waals surface area contributed by atoms with Gasteiger partial charge in [0.15, 0.2) is 5.82 Å². The molecule has 2 unspecified atom stereocenters. The van der Waals surface area contributed by atoms with Crippen molar-refractivity contribution in [2.24, 2.45) is 4.99 Å². The Kier molecular flexibility index (Phi) is 14.4. The first-order valence-electron chi connectivity index (χ1n) is 23.7. The Labute approximate surface area is 396 Å². The van der Waals surface area contributed by atoms with Crippen LogP contribution in [0.1, 0.15) is 125 Å². The summed E-state index contributed by atoms with van der Waals surface area (Å²) in [6.45, 7) is 9.62. The van der Waals surface area contributed by atoms with Crippen molar-refractivity contribution >= 4 is 23.6 Å². The molecule has 2 aromatic carbocycles. The zero-order valence-corrected chi connectivity index (χ0v) is 39.5. The average molecular weight is 923 g/mol. The van der Waals surface area contributed by atoms with Crippen LogP contribution >= 0.6 is 0 Å². The number of pyridine rings is 2. The van der Waals surface area contributed by atoms with Gasteiger partial charge in [-0.05, 0) is 120 Å². The normalized spacial score (nSPS) is 23.9. The molecule has 0 spiro atoms. The van der Waals surface area contributed by atoms with E-state index in [0.717, 1.165) is 98.0 Å². The summed E-state index contributed by atoms with van der Waals surface area (Å²) in [5.41, 5.74) is 4.93. The lowest BCUT2D eigenvalue weighted by molar-refractivity contribution is 0.0658. The van der Waals surface area contributed by atoms with Gasteiger partial charge in [-0.2, -0.15) is 0 Å². The fraction of sp³-hybridized carbons (Fsp3) is 0.415. The van der Waals surface area contributed by atoms with Gasteiger partial charge in [0, 0.05) is 79.3 Å². The van der Waals surface area contributed by atoms with E-state index in [1.807, 2.05) is 98.2 Å². The van der Waals surface area contributed by atoms with Crippen molar-refractivity contribution in [2.75, 3.05) is 20.2 Å². The van der Waals surface area contributed by atoms with Crippen LogP contribution in [-0.2, 0) is 9.47 Å². The molecule has 3 atom stereocenters. The Bertz CT molecular complexity index is 2730. The van der Waals surface area contributed by atoms with Gasteiger partial charge >= 0.3 is 12.2 Å². The number of carbonyl (C=O) groups excluding carboxylic acids is 2. The Morgan fingerprint density at radius 3 is 1.81 bits per heavy atom. The molecule has 10 rings (SSSR count). The van der Waals surface area contributed by atoms with Gasteiger partial charge in [-0.25, -0.2) is 19.6 Å². The second-order valence-electron chi connectivity index (χ2n) is 18.9. The van der Waals surface area contributed by atoms with Crippen molar-refractivity contribution in [2.45, 2.75) is 120 Å². The quantitative estimate of drug-likeness (QED) is 0.117. The molecular formula is C53H62N8O7. The molecule has 3 aromatic heterocycles. The van der Waals surface area contributed by atoms with E-state index in [1.165, 1.54) is 0 Å². The number of carbonyl (C=O) groups is 2. The minimum atomic E-state index is -0.621. The number of allylic oxidation sites excluding steroid dienone is 1. The number of ether oxygens (including phenoxy) is 2. The fourth-order valence-electron chi connectivity index (χ4n) is 10.6. The number of aromatic amines is 2. The number of amidine groups is 1. The van der Waals surface area contributed by atoms with Crippen LogP contribution < -0.4 is 16.4 Å². The molecule has 356 valence electrons. The Morgan fingerprint density at radius 1 is 0.676 bits per heavy atom. The first-order valence-corrected chi connectivity index (χ1v) is 23.7. The van der Waals surface area contributed by atoms with Crippen molar-refractivity contribution in [3.8, 4) is 11.4 Å². The minimum absolute atomic E-state index is 0.00736. The number of nitrogens with zero attached hydrogens (tertiary/aromatic N) is 5. The number of aliphatic hydroxyl groups excluding tert-OH is 1. The van der Waals surface area contributed by atoms with Crippen LogP contribution in [0.2, 0.25) is 0 Å². The molecule has 15 heteroatoms. The molecule has 5 aliphatic rings. The number of H-pyrrole nitrogens is 2. The smallest absolute Gasteiger partial charge is 0.411 e. The van der Waals surface area contributed by atoms with Gasteiger partial charge in [-0.3, -0.25) is 24.4 Å². The molecule has 6 heterocycles. The van der Waals surface area contributed by atoms with Gasteiger partial charge in [-0.1, -0.05) is 66.7 Å². The standard InChI is InChI=1S/C26H32N4O3.C26H26N4O3.CH4O/c2*1-26(2)22(18-7-4-3-5-8-18)30(25(32)33-26)20-11-9-17(10-12-20)21-15-19(16-29-24(21)31)23-27-13-6-14-28-23;1-2/h3-5,7-8,15-17,20,22H,6,9-14H2,1-2H3,(H,27,28)(H,29,31);3-9,13-16,20,22H,10-12H2,1-2H3,(H,29,31);2H,1H3/t17?,20?,22-;;/m0../s1. The highest BCUT2D eigenvalue weighted by molar-refractivity contribution is 5.99. The Morgan fingerprint density at radius 2 is 1.25 bits per heavy atom. The van der Waals surface area contributed by atoms with Gasteiger partial charge in [-0.15, -0.1) is 0 Å². The van der Waals surface area contributed by atoms with Crippen molar-refractivity contribution in [1.82, 2.24) is 35.1 Å². The average Bonchev–Trinajstić information content (AvgIpc) is 3.77. The highest BCUT2D eigenvalue weighted by Crippen LogP contribution is 2.47. The summed E-state index contributed by atoms with van der Waals surface area (Å²) in [5.74, 6) is 1.60. The lowest BCUT2D eigenvalue weighted by Crippen LogP contribution is -2.42. The molecule has 1 saturated carbocycles. The van der Waals surface area contributed by atoms with E-state index in [2.05, 4.69) is 48.5 Å². The highest BCUT2D eigenvalue weighted by Gasteiger charge is 2.52. The number of hydrogen-bond donors (Lipinski definition) is 4. The number of aliphatic hydroxyl groups is 1. The molecule has 4 N–H and O–H groups in total. The third kappa shape index (κ3) is 10.0. The first-order chi connectivity index (χ1) is 32.9. The molecule has 2 aliphatic carbocycles. The number of benzene rings is 2. The number of hydrogen-bond acceptors (Lipinski definition) is 11. The summed E-state index contributed by atoms with van der Waals surface area (Å²) in [6, 6.07) is 25.6. The largest absolute Gasteiger partial charge is 0.441 e. The third-order valence-corrected chi connectivity index (χ3v) is 13.7. The predicted molar refractivity (Wildman–Crippen MR) is 261 cm³/mol. The number of cyclic esters (lactones) is 2. The number of aromatic nitrogens is 4. The van der Waals surface area contributed by atoms with E-state index in [1.54, 1.807) is 30.9 Å². The highest BCUT2D eigenvalue weighted by atomic mass is 16.6. The predicted octanol–water partition coefficient (Wildman–Crippen LogP) is 8.46. The SMILES string of the molecule is CC1(C)OC(=O)N(C2CC=C(c3cc(-c4ncccn4)c[nH]c3=O)CC2)C1c1ccccc1.CC1(C)OC(=O)N(C2CCC(c3cc(C4=NCCCN4)c[nH]c3=O)CC2)[C@H]1c1ccccc1.CO. The Balaban J connectivity index is 0.000000177. The maximum Gasteiger partial charge on any atom is 0.411 e. The molecule has 15 nitrogen and oxygen atoms in total. The molecule has 68 heavy (non-hydrogen) atoms. The zero-order chi connectivity index (χ0) is 48.0. The van der Waals surface area contributed by atoms with Gasteiger partial charge in [0.1, 0.15) is 17.0 Å². The summed E-state index contributed by atoms with van der Waals surface area (Å²) in [6.07, 6.45) is 14.9. The van der Waals surface area contributed by atoms with Crippen LogP contribution in [0.3, 0.4) is 0 Å².